The van der Waals surface area contributed by atoms with Crippen LogP contribution in [0.2, 0.25) is 0 Å². The van der Waals surface area contributed by atoms with Gasteiger partial charge in [0, 0.05) is 18.0 Å². The molecule has 1 saturated heterocycles. The Kier molecular flexibility index (Phi) is 4.97. The lowest BCUT2D eigenvalue weighted by Crippen LogP contribution is -2.29. The van der Waals surface area contributed by atoms with Gasteiger partial charge in [-0.3, -0.25) is 4.79 Å². The summed E-state index contributed by atoms with van der Waals surface area (Å²) >= 11 is 1.66. The van der Waals surface area contributed by atoms with E-state index in [-0.39, 0.29) is 23.7 Å². The number of carbonyl (C=O) groups excluding carboxylic acids is 1. The molecule has 1 aliphatic heterocycles. The highest BCUT2D eigenvalue weighted by molar-refractivity contribution is 7.17. The van der Waals surface area contributed by atoms with Crippen LogP contribution in [0.3, 0.4) is 0 Å². The summed E-state index contributed by atoms with van der Waals surface area (Å²) in [6.07, 6.45) is 2.03. The van der Waals surface area contributed by atoms with Crippen molar-refractivity contribution in [1.82, 2.24) is 4.90 Å². The fraction of sp³-hybridized carbons (Fsp3) is 0.450. The van der Waals surface area contributed by atoms with Crippen molar-refractivity contribution < 1.29 is 4.79 Å². The minimum absolute atomic E-state index is 0. The number of nitrogens with two attached hydrogens (primary N) is 1. The molecule has 1 aliphatic carbocycles. The molecule has 5 heteroatoms. The molecule has 2 aromatic rings. The number of carbonyl (C=O) groups is 1. The van der Waals surface area contributed by atoms with E-state index < -0.39 is 0 Å². The van der Waals surface area contributed by atoms with Gasteiger partial charge in [0.2, 0.25) is 0 Å². The van der Waals surface area contributed by atoms with Crippen LogP contribution in [0.5, 0.6) is 0 Å². The van der Waals surface area contributed by atoms with E-state index in [1.54, 1.807) is 11.3 Å². The van der Waals surface area contributed by atoms with E-state index in [0.29, 0.717) is 12.5 Å². The Balaban J connectivity index is 0.00000182. The second-order valence-electron chi connectivity index (χ2n) is 7.71. The van der Waals surface area contributed by atoms with Gasteiger partial charge in [0.25, 0.3) is 5.91 Å². The van der Waals surface area contributed by atoms with Crippen LogP contribution >= 0.6 is 23.7 Å². The van der Waals surface area contributed by atoms with Crippen molar-refractivity contribution in [3.8, 4) is 10.4 Å². The minimum atomic E-state index is 0. The topological polar surface area (TPSA) is 46.3 Å². The first-order valence-electron chi connectivity index (χ1n) is 8.71. The lowest BCUT2D eigenvalue weighted by Gasteiger charge is -2.32. The van der Waals surface area contributed by atoms with Gasteiger partial charge in [-0.25, -0.2) is 0 Å². The van der Waals surface area contributed by atoms with Gasteiger partial charge >= 0.3 is 0 Å². The van der Waals surface area contributed by atoms with Crippen LogP contribution in [0, 0.1) is 5.92 Å². The van der Waals surface area contributed by atoms with Crippen LogP contribution in [-0.4, -0.2) is 30.4 Å². The molecule has 25 heavy (non-hydrogen) atoms. The number of thiophene rings is 1. The maximum atomic E-state index is 12.9. The number of hydrogen-bond acceptors (Lipinski definition) is 3. The van der Waals surface area contributed by atoms with Gasteiger partial charge in [-0.2, -0.15) is 0 Å². The number of nitrogens with zero attached hydrogens (tertiary/aromatic N) is 1. The lowest BCUT2D eigenvalue weighted by atomic mass is 9.73. The molecule has 0 spiro atoms. The maximum absolute atomic E-state index is 12.9. The molecule has 1 atom stereocenters. The SMILES string of the molecule is CC1(C)Cc2cc(C(=O)N3CCC(CN)C3)sc2-c2ccccc21.Cl. The molecule has 1 fully saturated rings. The van der Waals surface area contributed by atoms with Crippen LogP contribution in [0.15, 0.2) is 30.3 Å². The third kappa shape index (κ3) is 3.12. The summed E-state index contributed by atoms with van der Waals surface area (Å²) in [5.74, 6) is 0.642. The summed E-state index contributed by atoms with van der Waals surface area (Å²) < 4.78 is 0. The fourth-order valence-electron chi connectivity index (χ4n) is 4.10. The molecular weight excluding hydrogens is 352 g/mol. The third-order valence-corrected chi connectivity index (χ3v) is 6.66. The Hall–Kier alpha value is -1.36. The number of hydrogen-bond donors (Lipinski definition) is 1. The van der Waals surface area contributed by atoms with Gasteiger partial charge in [0.05, 0.1) is 4.88 Å². The van der Waals surface area contributed by atoms with Crippen molar-refractivity contribution in [1.29, 1.82) is 0 Å². The molecule has 0 radical (unpaired) electrons. The van der Waals surface area contributed by atoms with Gasteiger partial charge in [0.15, 0.2) is 0 Å². The van der Waals surface area contributed by atoms with Crippen LogP contribution in [0.1, 0.15) is 41.1 Å². The summed E-state index contributed by atoms with van der Waals surface area (Å²) in [7, 11) is 0. The number of likely N-dealkylation sites (tertiary alicyclic amines) is 1. The third-order valence-electron chi connectivity index (χ3n) is 5.46. The zero-order valence-corrected chi connectivity index (χ0v) is 16.4. The van der Waals surface area contributed by atoms with Crippen LogP contribution in [-0.2, 0) is 11.8 Å². The summed E-state index contributed by atoms with van der Waals surface area (Å²) in [4.78, 5) is 17.0. The Morgan fingerprint density at radius 2 is 2.12 bits per heavy atom. The second kappa shape index (κ2) is 6.75. The molecule has 2 N–H and O–H groups in total. The van der Waals surface area contributed by atoms with Crippen LogP contribution in [0.25, 0.3) is 10.4 Å². The Morgan fingerprint density at radius 3 is 2.84 bits per heavy atom. The number of amides is 1. The minimum Gasteiger partial charge on any atom is -0.338 e. The zero-order valence-electron chi connectivity index (χ0n) is 14.7. The normalized spacial score (nSPS) is 20.6. The van der Waals surface area contributed by atoms with Gasteiger partial charge in [0.1, 0.15) is 0 Å². The predicted molar refractivity (Wildman–Crippen MR) is 107 cm³/mol. The van der Waals surface area contributed by atoms with Crippen molar-refractivity contribution >= 4 is 29.7 Å². The standard InChI is InChI=1S/C20H24N2OS.ClH/c1-20(2)10-14-9-17(19(23)22-8-7-13(11-21)12-22)24-18(14)15-5-3-4-6-16(15)20;/h3-6,9,13H,7-8,10-12,21H2,1-2H3;1H. The average Bonchev–Trinajstić information content (AvgIpc) is 3.20. The summed E-state index contributed by atoms with van der Waals surface area (Å²) in [5, 5.41) is 0. The van der Waals surface area contributed by atoms with Gasteiger partial charge in [-0.1, -0.05) is 38.1 Å². The number of benzene rings is 1. The number of rotatable bonds is 2. The molecule has 1 unspecified atom stereocenters. The molecule has 4 rings (SSSR count). The number of fused-ring (bicyclic) bond motifs is 3. The van der Waals surface area contributed by atoms with Gasteiger partial charge in [-0.15, -0.1) is 23.7 Å². The fourth-order valence-corrected chi connectivity index (χ4v) is 5.29. The molecule has 1 aromatic heterocycles. The quantitative estimate of drug-likeness (QED) is 0.857. The highest BCUT2D eigenvalue weighted by Gasteiger charge is 2.34. The molecule has 1 amide bonds. The zero-order chi connectivity index (χ0) is 16.9. The largest absolute Gasteiger partial charge is 0.338 e. The molecule has 0 saturated carbocycles. The van der Waals surface area contributed by atoms with E-state index >= 15 is 0 Å². The van der Waals surface area contributed by atoms with E-state index in [4.69, 9.17) is 5.73 Å². The molecule has 134 valence electrons. The van der Waals surface area contributed by atoms with E-state index in [0.717, 1.165) is 30.8 Å². The average molecular weight is 377 g/mol. The van der Waals surface area contributed by atoms with Crippen molar-refractivity contribution in [2.75, 3.05) is 19.6 Å². The summed E-state index contributed by atoms with van der Waals surface area (Å²) in [6.45, 7) is 6.90. The van der Waals surface area contributed by atoms with Gasteiger partial charge in [-0.05, 0) is 53.5 Å². The second-order valence-corrected chi connectivity index (χ2v) is 8.77. The molecule has 2 heterocycles. The van der Waals surface area contributed by atoms with Crippen LogP contribution < -0.4 is 5.73 Å². The van der Waals surface area contributed by atoms with E-state index in [1.807, 2.05) is 4.90 Å². The first kappa shape index (κ1) is 18.4. The highest BCUT2D eigenvalue weighted by atomic mass is 35.5. The monoisotopic (exact) mass is 376 g/mol. The first-order chi connectivity index (χ1) is 11.5. The predicted octanol–water partition coefficient (Wildman–Crippen LogP) is 4.09. The smallest absolute Gasteiger partial charge is 0.263 e. The van der Waals surface area contributed by atoms with E-state index in [2.05, 4.69) is 44.2 Å². The van der Waals surface area contributed by atoms with Crippen molar-refractivity contribution in [2.24, 2.45) is 11.7 Å². The molecule has 1 aromatic carbocycles. The van der Waals surface area contributed by atoms with Gasteiger partial charge < -0.3 is 10.6 Å². The molecule has 2 aliphatic rings. The van der Waals surface area contributed by atoms with Crippen molar-refractivity contribution in [3.63, 3.8) is 0 Å². The Labute approximate surface area is 159 Å². The van der Waals surface area contributed by atoms with Crippen molar-refractivity contribution in [2.45, 2.75) is 32.1 Å². The Bertz CT molecular complexity index is 799. The maximum Gasteiger partial charge on any atom is 0.263 e. The lowest BCUT2D eigenvalue weighted by molar-refractivity contribution is 0.0792. The van der Waals surface area contributed by atoms with Crippen molar-refractivity contribution in [3.05, 3.63) is 46.3 Å². The summed E-state index contributed by atoms with van der Waals surface area (Å²) in [6, 6.07) is 10.8. The summed E-state index contributed by atoms with van der Waals surface area (Å²) in [5.41, 5.74) is 9.89. The molecule has 3 nitrogen and oxygen atoms in total. The molecular formula is C20H25ClN2OS. The van der Waals surface area contributed by atoms with E-state index in [1.165, 1.54) is 21.6 Å². The van der Waals surface area contributed by atoms with E-state index in [9.17, 15) is 4.79 Å². The Morgan fingerprint density at radius 1 is 1.36 bits per heavy atom. The first-order valence-corrected chi connectivity index (χ1v) is 9.53. The molecule has 0 bridgehead atoms. The highest BCUT2D eigenvalue weighted by Crippen LogP contribution is 2.46. The number of halogens is 1. The van der Waals surface area contributed by atoms with Crippen LogP contribution in [0.4, 0.5) is 0 Å².